The van der Waals surface area contributed by atoms with E-state index in [4.69, 9.17) is 29.1 Å². The number of nitrogens with zero attached hydrogens (tertiary/aromatic N) is 1. The lowest BCUT2D eigenvalue weighted by atomic mass is 9.80. The molecule has 0 spiro atoms. The lowest BCUT2D eigenvalue weighted by Crippen LogP contribution is -2.68. The molecular weight excluding hydrogens is 696 g/mol. The van der Waals surface area contributed by atoms with E-state index in [2.05, 4.69) is 4.99 Å². The Hall–Kier alpha value is -5.65. The molecule has 3 aliphatic heterocycles. The van der Waals surface area contributed by atoms with Gasteiger partial charge in [-0.1, -0.05) is 24.3 Å². The molecule has 0 amide bonds. The molecule has 3 aromatic rings. The quantitative estimate of drug-likeness (QED) is 0.115. The summed E-state index contributed by atoms with van der Waals surface area (Å²) in [6.45, 7) is -0.357. The van der Waals surface area contributed by atoms with Crippen LogP contribution in [0, 0.1) is 5.41 Å². The second-order valence-electron chi connectivity index (χ2n) is 12.6. The maximum atomic E-state index is 12.2. The zero-order valence-corrected chi connectivity index (χ0v) is 28.0. The molecule has 6 atom stereocenters. The third-order valence-corrected chi connectivity index (χ3v) is 8.87. The van der Waals surface area contributed by atoms with Gasteiger partial charge >= 0.3 is 5.97 Å². The predicted molar refractivity (Wildman–Crippen MR) is 186 cm³/mol. The van der Waals surface area contributed by atoms with Gasteiger partial charge in [0.25, 0.3) is 0 Å². The van der Waals surface area contributed by atoms with Crippen LogP contribution in [0.15, 0.2) is 77.8 Å². The van der Waals surface area contributed by atoms with Crippen LogP contribution in [0.2, 0.25) is 0 Å². The highest BCUT2D eigenvalue weighted by atomic mass is 16.7. The number of carboxylic acids is 1. The molecule has 280 valence electrons. The van der Waals surface area contributed by atoms with Crippen LogP contribution in [-0.2, 0) is 16.1 Å². The van der Waals surface area contributed by atoms with Crippen molar-refractivity contribution >= 4 is 23.3 Å². The molecule has 3 heterocycles. The molecule has 0 aromatic heterocycles. The maximum absolute atomic E-state index is 12.2. The summed E-state index contributed by atoms with van der Waals surface area (Å²) < 4.78 is 29.2. The number of hydrogen-bond acceptors (Lipinski definition) is 14. The smallest absolute Gasteiger partial charge is 0.336 e. The Morgan fingerprint density at radius 3 is 2.47 bits per heavy atom. The first kappa shape index (κ1) is 37.1. The van der Waals surface area contributed by atoms with Crippen LogP contribution < -0.4 is 18.9 Å². The molecule has 16 nitrogen and oxygen atoms in total. The molecule has 3 aliphatic rings. The number of carboxylic acid groups (broad SMARTS) is 1. The second kappa shape index (κ2) is 15.5. The van der Waals surface area contributed by atoms with Gasteiger partial charge in [0.15, 0.2) is 17.6 Å². The number of fused-ring (bicyclic) bond motifs is 1. The summed E-state index contributed by atoms with van der Waals surface area (Å²) in [5, 5.41) is 92.2. The fourth-order valence-electron chi connectivity index (χ4n) is 6.17. The van der Waals surface area contributed by atoms with Gasteiger partial charge < -0.3 is 64.5 Å². The molecule has 6 unspecified atom stereocenters. The van der Waals surface area contributed by atoms with Gasteiger partial charge in [0, 0.05) is 30.9 Å². The maximum Gasteiger partial charge on any atom is 0.336 e. The van der Waals surface area contributed by atoms with E-state index in [0.717, 1.165) is 5.71 Å². The Morgan fingerprint density at radius 1 is 1.02 bits per heavy atom. The molecule has 16 heteroatoms. The first-order valence-corrected chi connectivity index (χ1v) is 16.6. The molecule has 0 aliphatic carbocycles. The van der Waals surface area contributed by atoms with Crippen LogP contribution in [0.4, 0.5) is 0 Å². The molecule has 0 radical (unpaired) electrons. The van der Waals surface area contributed by atoms with E-state index >= 15 is 0 Å². The van der Waals surface area contributed by atoms with Gasteiger partial charge in [-0.15, -0.1) is 0 Å². The van der Waals surface area contributed by atoms with E-state index in [1.807, 2.05) is 0 Å². The van der Waals surface area contributed by atoms with E-state index in [0.29, 0.717) is 29.9 Å². The number of hydrogen-bond donors (Lipinski definition) is 9. The summed E-state index contributed by atoms with van der Waals surface area (Å²) in [6, 6.07) is 14.1. The van der Waals surface area contributed by atoms with E-state index < -0.39 is 66.8 Å². The van der Waals surface area contributed by atoms with Crippen molar-refractivity contribution in [3.63, 3.8) is 0 Å². The van der Waals surface area contributed by atoms with Crippen LogP contribution in [-0.4, -0.2) is 102 Å². The van der Waals surface area contributed by atoms with E-state index in [-0.39, 0.29) is 47.4 Å². The van der Waals surface area contributed by atoms with Crippen LogP contribution in [0.1, 0.15) is 42.1 Å². The highest BCUT2D eigenvalue weighted by Gasteiger charge is 2.58. The Bertz CT molecular complexity index is 1940. The minimum Gasteiger partial charge on any atom is -0.508 e. The highest BCUT2D eigenvalue weighted by Crippen LogP contribution is 2.51. The number of aliphatic hydroxyl groups is 5. The number of aliphatic imine (C=N–C) groups is 1. The normalized spacial score (nSPS) is 24.8. The van der Waals surface area contributed by atoms with E-state index in [9.17, 15) is 45.6 Å². The number of benzene rings is 3. The predicted octanol–water partition coefficient (Wildman–Crippen LogP) is 2.88. The van der Waals surface area contributed by atoms with Crippen molar-refractivity contribution in [2.75, 3.05) is 13.2 Å². The van der Waals surface area contributed by atoms with Crippen LogP contribution >= 0.6 is 0 Å². The molecule has 1 fully saturated rings. The van der Waals surface area contributed by atoms with Gasteiger partial charge in [0.2, 0.25) is 12.0 Å². The number of nitrogens with one attached hydrogen (secondary N) is 1. The van der Waals surface area contributed by atoms with Crippen LogP contribution in [0.3, 0.4) is 0 Å². The highest BCUT2D eigenvalue weighted by molar-refractivity contribution is 6.14. The number of rotatable bonds is 14. The minimum absolute atomic E-state index is 0.0587. The zero-order valence-electron chi connectivity index (χ0n) is 28.0. The molecule has 9 N–H and O–H groups in total. The van der Waals surface area contributed by atoms with Crippen LogP contribution in [0.5, 0.6) is 34.5 Å². The van der Waals surface area contributed by atoms with Gasteiger partial charge in [0.05, 0.1) is 6.61 Å². The Balaban J connectivity index is 1.28. The average Bonchev–Trinajstić information content (AvgIpc) is 3.55. The number of amidine groups is 1. The Labute approximate surface area is 302 Å². The van der Waals surface area contributed by atoms with E-state index in [1.54, 1.807) is 48.6 Å². The van der Waals surface area contributed by atoms with Gasteiger partial charge in [-0.05, 0) is 60.4 Å². The molecule has 0 bridgehead atoms. The Kier molecular flexibility index (Phi) is 10.9. The number of allylic oxidation sites excluding steroid dienone is 1. The molecular formula is C37H38N2O14. The van der Waals surface area contributed by atoms with Gasteiger partial charge in [-0.25, -0.2) is 9.79 Å². The number of phenols is 2. The summed E-state index contributed by atoms with van der Waals surface area (Å²) in [4.78, 5) is 16.2. The van der Waals surface area contributed by atoms with Crippen molar-refractivity contribution in [1.82, 2.24) is 0 Å². The fourth-order valence-corrected chi connectivity index (χ4v) is 6.17. The van der Waals surface area contributed by atoms with Crippen molar-refractivity contribution < 1.29 is 69.3 Å². The minimum atomic E-state index is -2.50. The summed E-state index contributed by atoms with van der Waals surface area (Å²) in [7, 11) is 0. The van der Waals surface area contributed by atoms with Crippen molar-refractivity contribution in [2.45, 2.75) is 62.2 Å². The van der Waals surface area contributed by atoms with Crippen molar-refractivity contribution in [1.29, 1.82) is 5.41 Å². The van der Waals surface area contributed by atoms with Crippen molar-refractivity contribution in [3.8, 4) is 34.5 Å². The molecule has 6 rings (SSSR count). The second-order valence-corrected chi connectivity index (χ2v) is 12.6. The van der Waals surface area contributed by atoms with Gasteiger partial charge in [-0.2, -0.15) is 0 Å². The molecule has 1 saturated heterocycles. The lowest BCUT2D eigenvalue weighted by Gasteiger charge is -2.46. The van der Waals surface area contributed by atoms with Crippen molar-refractivity contribution in [2.24, 2.45) is 4.99 Å². The number of aromatic hydroxyl groups is 2. The lowest BCUT2D eigenvalue weighted by molar-refractivity contribution is -0.306. The third kappa shape index (κ3) is 7.91. The summed E-state index contributed by atoms with van der Waals surface area (Å²) in [5.74, 6) is -2.92. The Morgan fingerprint density at radius 2 is 1.79 bits per heavy atom. The average molecular weight is 735 g/mol. The number of carbonyl (C=O) groups is 1. The molecule has 0 saturated carbocycles. The SMILES string of the molecule is N=C1C=CC(CCOc2ccc(C3C=C(O)c4c(cc(OC5OC(C(=O)O)C(O)(CCCO)C(O)C5O)c(OCc5cccc(O)c5)c4O)O3)cc2)=N1. The third-order valence-electron chi connectivity index (χ3n) is 8.87. The molecule has 3 aromatic carbocycles. The number of ether oxygens (including phenoxy) is 5. The largest absolute Gasteiger partial charge is 0.508 e. The first-order valence-electron chi connectivity index (χ1n) is 16.6. The fraction of sp³-hybridized carbons (Fsp3) is 0.324. The topological polar surface area (TPSA) is 261 Å². The van der Waals surface area contributed by atoms with Crippen LogP contribution in [0.25, 0.3) is 5.76 Å². The number of phenolic OH excluding ortho intramolecular Hbond substituents is 2. The summed E-state index contributed by atoms with van der Waals surface area (Å²) >= 11 is 0. The molecule has 53 heavy (non-hydrogen) atoms. The van der Waals surface area contributed by atoms with Gasteiger partial charge in [0.1, 0.15) is 64.9 Å². The monoisotopic (exact) mass is 734 g/mol. The van der Waals surface area contributed by atoms with Gasteiger partial charge in [-0.3, -0.25) is 5.41 Å². The number of aliphatic carboxylic acids is 1. The first-order chi connectivity index (χ1) is 25.4. The van der Waals surface area contributed by atoms with Crippen molar-refractivity contribution in [3.05, 3.63) is 89.5 Å². The number of aliphatic hydroxyl groups excluding tert-OH is 4. The zero-order chi connectivity index (χ0) is 37.9. The van der Waals surface area contributed by atoms with E-state index in [1.165, 1.54) is 24.3 Å². The summed E-state index contributed by atoms with van der Waals surface area (Å²) in [5.41, 5.74) is -0.893. The standard InChI is InChI=1S/C37H38N2O14/c38-28-10-7-21(39-28)11-14-49-23-8-5-20(6-9-23)25-16-24(42)29-26(51-25)17-27(32(30(29)43)50-18-19-3-1-4-22(41)15-19)52-36-31(44)33(45)37(48,12-2-13-40)34(53-36)35(46)47/h1,3-10,15-17,25,31,33-34,36,38,40-45,48H,2,11-14,18H2,(H,46,47). The summed E-state index contributed by atoms with van der Waals surface area (Å²) in [6.07, 6.45) is -4.42.